The molecule has 0 aliphatic heterocycles. The summed E-state index contributed by atoms with van der Waals surface area (Å²) in [6.45, 7) is -0.00852. The van der Waals surface area contributed by atoms with Crippen LogP contribution in [0.25, 0.3) is 0 Å². The maximum Gasteiger partial charge on any atom is 0.325 e. The van der Waals surface area contributed by atoms with Crippen LogP contribution in [-0.4, -0.2) is 35.6 Å². The molecule has 0 spiro atoms. The third-order valence-electron chi connectivity index (χ3n) is 3.88. The number of hydrogen-bond donors (Lipinski definition) is 0. The van der Waals surface area contributed by atoms with E-state index >= 15 is 0 Å². The van der Waals surface area contributed by atoms with E-state index in [9.17, 15) is 9.59 Å². The number of rotatable bonds is 6. The van der Waals surface area contributed by atoms with E-state index in [-0.39, 0.29) is 18.8 Å². The topological polar surface area (TPSA) is 72.6 Å². The summed E-state index contributed by atoms with van der Waals surface area (Å²) in [6, 6.07) is 8.81. The van der Waals surface area contributed by atoms with Crippen molar-refractivity contribution in [1.82, 2.24) is 10.1 Å². The maximum absolute atomic E-state index is 12.7. The second-order valence-corrected chi connectivity index (χ2v) is 6.12. The van der Waals surface area contributed by atoms with Crippen molar-refractivity contribution in [2.45, 2.75) is 25.3 Å². The fraction of sp³-hybridized carbons (Fsp3) is 0.353. The summed E-state index contributed by atoms with van der Waals surface area (Å²) < 4.78 is 9.90. The van der Waals surface area contributed by atoms with Gasteiger partial charge in [0.25, 0.3) is 5.91 Å². The average Bonchev–Trinajstić information content (AvgIpc) is 3.32. The van der Waals surface area contributed by atoms with E-state index in [1.165, 1.54) is 12.0 Å². The summed E-state index contributed by atoms with van der Waals surface area (Å²) in [5.41, 5.74) is 0.926. The molecule has 3 rings (SSSR count). The molecule has 0 saturated heterocycles. The van der Waals surface area contributed by atoms with E-state index in [0.717, 1.165) is 18.4 Å². The van der Waals surface area contributed by atoms with Crippen molar-refractivity contribution in [3.63, 3.8) is 0 Å². The molecule has 1 amide bonds. The zero-order valence-electron chi connectivity index (χ0n) is 13.2. The van der Waals surface area contributed by atoms with Crippen LogP contribution in [0.1, 0.15) is 40.6 Å². The number of benzene rings is 1. The Morgan fingerprint density at radius 1 is 1.38 bits per heavy atom. The SMILES string of the molecule is COC(=O)CN(Cc1ccccc1Cl)C(=O)c1cc(C2CC2)on1. The average molecular weight is 349 g/mol. The molecule has 1 aliphatic rings. The summed E-state index contributed by atoms with van der Waals surface area (Å²) in [7, 11) is 1.28. The first-order chi connectivity index (χ1) is 11.6. The van der Waals surface area contributed by atoms with Crippen LogP contribution in [0.5, 0.6) is 0 Å². The second-order valence-electron chi connectivity index (χ2n) is 5.72. The van der Waals surface area contributed by atoms with Crippen LogP contribution >= 0.6 is 11.6 Å². The third kappa shape index (κ3) is 3.76. The smallest absolute Gasteiger partial charge is 0.325 e. The first-order valence-corrected chi connectivity index (χ1v) is 8.02. The molecule has 2 aromatic rings. The van der Waals surface area contributed by atoms with Crippen LogP contribution < -0.4 is 0 Å². The number of hydrogen-bond acceptors (Lipinski definition) is 5. The summed E-state index contributed by atoms with van der Waals surface area (Å²) in [5, 5.41) is 4.37. The molecular weight excluding hydrogens is 332 g/mol. The van der Waals surface area contributed by atoms with Gasteiger partial charge in [-0.1, -0.05) is 35.0 Å². The summed E-state index contributed by atoms with van der Waals surface area (Å²) in [6.07, 6.45) is 2.10. The molecule has 1 heterocycles. The molecule has 7 heteroatoms. The van der Waals surface area contributed by atoms with E-state index in [1.54, 1.807) is 24.3 Å². The van der Waals surface area contributed by atoms with Crippen LogP contribution in [-0.2, 0) is 16.1 Å². The van der Waals surface area contributed by atoms with Gasteiger partial charge in [-0.2, -0.15) is 0 Å². The van der Waals surface area contributed by atoms with E-state index in [1.807, 2.05) is 6.07 Å². The Morgan fingerprint density at radius 2 is 2.12 bits per heavy atom. The van der Waals surface area contributed by atoms with Crippen LogP contribution in [0.3, 0.4) is 0 Å². The molecule has 0 unspecified atom stereocenters. The van der Waals surface area contributed by atoms with Crippen molar-refractivity contribution in [3.05, 3.63) is 52.4 Å². The predicted molar refractivity (Wildman–Crippen MR) is 86.7 cm³/mol. The molecule has 6 nitrogen and oxygen atoms in total. The Balaban J connectivity index is 1.81. The Hall–Kier alpha value is -2.34. The molecule has 1 aromatic carbocycles. The molecular formula is C17H17ClN2O4. The van der Waals surface area contributed by atoms with Gasteiger partial charge in [0.1, 0.15) is 12.3 Å². The lowest BCUT2D eigenvalue weighted by Crippen LogP contribution is -2.36. The van der Waals surface area contributed by atoms with Crippen molar-refractivity contribution >= 4 is 23.5 Å². The highest BCUT2D eigenvalue weighted by atomic mass is 35.5. The van der Waals surface area contributed by atoms with E-state index in [2.05, 4.69) is 9.89 Å². The Bertz CT molecular complexity index is 755. The minimum absolute atomic E-state index is 0.180. The first-order valence-electron chi connectivity index (χ1n) is 7.64. The molecule has 0 bridgehead atoms. The van der Waals surface area contributed by atoms with Gasteiger partial charge in [0.05, 0.1) is 7.11 Å². The van der Waals surface area contributed by atoms with E-state index in [0.29, 0.717) is 16.7 Å². The van der Waals surface area contributed by atoms with Gasteiger partial charge in [0.15, 0.2) is 5.69 Å². The van der Waals surface area contributed by atoms with Crippen molar-refractivity contribution in [3.8, 4) is 0 Å². The van der Waals surface area contributed by atoms with E-state index < -0.39 is 11.9 Å². The largest absolute Gasteiger partial charge is 0.468 e. The van der Waals surface area contributed by atoms with Crippen LogP contribution in [0.15, 0.2) is 34.9 Å². The Kier molecular flexibility index (Phi) is 4.85. The van der Waals surface area contributed by atoms with Crippen molar-refractivity contribution in [2.24, 2.45) is 0 Å². The Labute approximate surface area is 144 Å². The van der Waals surface area contributed by atoms with Crippen LogP contribution in [0.2, 0.25) is 5.02 Å². The zero-order chi connectivity index (χ0) is 17.1. The lowest BCUT2D eigenvalue weighted by atomic mass is 10.2. The van der Waals surface area contributed by atoms with Gasteiger partial charge in [-0.3, -0.25) is 9.59 Å². The first kappa shape index (κ1) is 16.5. The fourth-order valence-corrected chi connectivity index (χ4v) is 2.56. The molecule has 0 radical (unpaired) electrons. The minimum Gasteiger partial charge on any atom is -0.468 e. The molecule has 1 saturated carbocycles. The number of nitrogens with zero attached hydrogens (tertiary/aromatic N) is 2. The zero-order valence-corrected chi connectivity index (χ0v) is 14.0. The molecule has 1 aromatic heterocycles. The number of methoxy groups -OCH3 is 1. The van der Waals surface area contributed by atoms with Gasteiger partial charge in [-0.15, -0.1) is 0 Å². The summed E-state index contributed by atoms with van der Waals surface area (Å²) in [4.78, 5) is 25.7. The molecule has 0 atom stereocenters. The molecule has 1 fully saturated rings. The minimum atomic E-state index is -0.513. The number of aromatic nitrogens is 1. The quantitative estimate of drug-likeness (QED) is 0.750. The predicted octanol–water partition coefficient (Wildman–Crippen LogP) is 3.02. The second kappa shape index (κ2) is 7.05. The highest BCUT2D eigenvalue weighted by Gasteiger charge is 2.30. The van der Waals surface area contributed by atoms with Crippen molar-refractivity contribution in [2.75, 3.05) is 13.7 Å². The van der Waals surface area contributed by atoms with Crippen molar-refractivity contribution in [1.29, 1.82) is 0 Å². The number of esters is 1. The normalized spacial score (nSPS) is 13.6. The number of amides is 1. The van der Waals surface area contributed by atoms with Gasteiger partial charge in [-0.25, -0.2) is 0 Å². The van der Waals surface area contributed by atoms with Gasteiger partial charge in [-0.05, 0) is 24.5 Å². The lowest BCUT2D eigenvalue weighted by Gasteiger charge is -2.21. The van der Waals surface area contributed by atoms with Gasteiger partial charge in [0.2, 0.25) is 0 Å². The lowest BCUT2D eigenvalue weighted by molar-refractivity contribution is -0.141. The fourth-order valence-electron chi connectivity index (χ4n) is 2.36. The maximum atomic E-state index is 12.7. The monoisotopic (exact) mass is 348 g/mol. The summed E-state index contributed by atoms with van der Waals surface area (Å²) in [5.74, 6) is 0.170. The molecule has 0 N–H and O–H groups in total. The highest BCUT2D eigenvalue weighted by Crippen LogP contribution is 2.40. The number of ether oxygens (including phenoxy) is 1. The van der Waals surface area contributed by atoms with Crippen molar-refractivity contribution < 1.29 is 18.8 Å². The Morgan fingerprint density at radius 3 is 2.79 bits per heavy atom. The van der Waals surface area contributed by atoms with Gasteiger partial charge < -0.3 is 14.2 Å². The van der Waals surface area contributed by atoms with Gasteiger partial charge >= 0.3 is 5.97 Å². The van der Waals surface area contributed by atoms with Gasteiger partial charge in [0, 0.05) is 23.6 Å². The standard InChI is InChI=1S/C17H17ClN2O4/c1-23-16(21)10-20(9-12-4-2-3-5-13(12)18)17(22)14-8-15(24-19-14)11-6-7-11/h2-5,8,11H,6-7,9-10H2,1H3. The molecule has 126 valence electrons. The number of carbonyl (C=O) groups excluding carboxylic acids is 2. The molecule has 24 heavy (non-hydrogen) atoms. The summed E-state index contributed by atoms with van der Waals surface area (Å²) >= 11 is 6.16. The van der Waals surface area contributed by atoms with E-state index in [4.69, 9.17) is 16.1 Å². The number of carbonyl (C=O) groups is 2. The third-order valence-corrected chi connectivity index (χ3v) is 4.25. The van der Waals surface area contributed by atoms with Crippen LogP contribution in [0, 0.1) is 0 Å². The highest BCUT2D eigenvalue weighted by molar-refractivity contribution is 6.31. The molecule has 1 aliphatic carbocycles. The van der Waals surface area contributed by atoms with Crippen LogP contribution in [0.4, 0.5) is 0 Å². The number of halogens is 1.